The molecular formula is C15H13N4OS. The summed E-state index contributed by atoms with van der Waals surface area (Å²) in [4.78, 5) is 13.0. The maximum absolute atomic E-state index is 9.73. The highest BCUT2D eigenvalue weighted by Crippen LogP contribution is 2.34. The molecule has 105 valence electrons. The van der Waals surface area contributed by atoms with E-state index in [4.69, 9.17) is 0 Å². The Morgan fingerprint density at radius 1 is 1.24 bits per heavy atom. The molecule has 0 aliphatic heterocycles. The van der Waals surface area contributed by atoms with Crippen LogP contribution in [0.4, 0.5) is 11.6 Å². The van der Waals surface area contributed by atoms with E-state index in [1.807, 2.05) is 38.1 Å². The fraction of sp³-hybridized carbons (Fsp3) is 0.133. The van der Waals surface area contributed by atoms with Gasteiger partial charge in [0.25, 0.3) is 0 Å². The highest BCUT2D eigenvalue weighted by atomic mass is 32.1. The summed E-state index contributed by atoms with van der Waals surface area (Å²) >= 11 is 1.28. The van der Waals surface area contributed by atoms with Crippen molar-refractivity contribution in [3.63, 3.8) is 0 Å². The Bertz CT molecular complexity index is 785. The van der Waals surface area contributed by atoms with Crippen molar-refractivity contribution in [2.75, 3.05) is 5.32 Å². The number of hydrogen-bond acceptors (Lipinski definition) is 6. The topological polar surface area (TPSA) is 70.9 Å². The van der Waals surface area contributed by atoms with Gasteiger partial charge in [-0.05, 0) is 43.2 Å². The molecule has 2 heterocycles. The number of benzene rings is 1. The Kier molecular flexibility index (Phi) is 3.53. The first-order valence-corrected chi connectivity index (χ1v) is 7.18. The SMILES string of the molecule is Cc1cc(Nc2nccc(C)n2)cc(-c2s[c]nc2O)c1. The Labute approximate surface area is 126 Å². The van der Waals surface area contributed by atoms with E-state index in [9.17, 15) is 5.11 Å². The lowest BCUT2D eigenvalue weighted by Crippen LogP contribution is -1.98. The van der Waals surface area contributed by atoms with Crippen LogP contribution in [0.2, 0.25) is 0 Å². The summed E-state index contributed by atoms with van der Waals surface area (Å²) < 4.78 is 0. The van der Waals surface area contributed by atoms with Gasteiger partial charge < -0.3 is 10.4 Å². The first kappa shape index (κ1) is 13.5. The molecule has 3 rings (SSSR count). The number of rotatable bonds is 3. The van der Waals surface area contributed by atoms with Crippen molar-refractivity contribution in [1.29, 1.82) is 0 Å². The molecule has 0 bridgehead atoms. The number of hydrogen-bond donors (Lipinski definition) is 2. The minimum atomic E-state index is 0.00311. The maximum atomic E-state index is 9.73. The lowest BCUT2D eigenvalue weighted by molar-refractivity contribution is 0.459. The zero-order chi connectivity index (χ0) is 14.8. The largest absolute Gasteiger partial charge is 0.492 e. The number of aryl methyl sites for hydroxylation is 2. The molecule has 0 aliphatic carbocycles. The van der Waals surface area contributed by atoms with E-state index < -0.39 is 0 Å². The molecule has 0 aliphatic rings. The van der Waals surface area contributed by atoms with Gasteiger partial charge in [-0.25, -0.2) is 9.97 Å². The summed E-state index contributed by atoms with van der Waals surface area (Å²) in [6, 6.07) is 7.76. The lowest BCUT2D eigenvalue weighted by Gasteiger charge is -2.08. The van der Waals surface area contributed by atoms with Crippen LogP contribution in [0, 0.1) is 19.4 Å². The number of aromatic nitrogens is 3. The summed E-state index contributed by atoms with van der Waals surface area (Å²) in [7, 11) is 0. The quantitative estimate of drug-likeness (QED) is 0.774. The number of aromatic hydroxyl groups is 1. The highest BCUT2D eigenvalue weighted by molar-refractivity contribution is 7.13. The van der Waals surface area contributed by atoms with Crippen LogP contribution < -0.4 is 5.32 Å². The molecule has 0 fully saturated rings. The normalized spacial score (nSPS) is 10.6. The summed E-state index contributed by atoms with van der Waals surface area (Å²) in [6.07, 6.45) is 1.71. The summed E-state index contributed by atoms with van der Waals surface area (Å²) in [5.74, 6) is 0.551. The van der Waals surface area contributed by atoms with Gasteiger partial charge >= 0.3 is 0 Å². The maximum Gasteiger partial charge on any atom is 0.230 e. The van der Waals surface area contributed by atoms with Crippen molar-refractivity contribution in [1.82, 2.24) is 15.0 Å². The minimum Gasteiger partial charge on any atom is -0.492 e. The van der Waals surface area contributed by atoms with Gasteiger partial charge in [0.2, 0.25) is 11.8 Å². The molecule has 0 saturated carbocycles. The molecule has 2 N–H and O–H groups in total. The van der Waals surface area contributed by atoms with E-state index in [0.717, 1.165) is 22.5 Å². The van der Waals surface area contributed by atoms with Gasteiger partial charge in [0.1, 0.15) is 0 Å². The number of nitrogens with one attached hydrogen (secondary N) is 1. The summed E-state index contributed by atoms with van der Waals surface area (Å²) in [6.45, 7) is 3.91. The van der Waals surface area contributed by atoms with E-state index >= 15 is 0 Å². The van der Waals surface area contributed by atoms with E-state index in [1.54, 1.807) is 6.20 Å². The van der Waals surface area contributed by atoms with E-state index in [2.05, 4.69) is 25.8 Å². The molecule has 0 spiro atoms. The second-order valence-electron chi connectivity index (χ2n) is 4.69. The van der Waals surface area contributed by atoms with E-state index in [0.29, 0.717) is 10.8 Å². The molecule has 3 aromatic rings. The van der Waals surface area contributed by atoms with Crippen LogP contribution in [-0.4, -0.2) is 20.1 Å². The Morgan fingerprint density at radius 3 is 2.81 bits per heavy atom. The molecule has 5 nitrogen and oxygen atoms in total. The van der Waals surface area contributed by atoms with Crippen molar-refractivity contribution in [2.45, 2.75) is 13.8 Å². The Hall–Kier alpha value is -2.47. The first-order chi connectivity index (χ1) is 10.1. The van der Waals surface area contributed by atoms with Crippen LogP contribution in [-0.2, 0) is 0 Å². The minimum absolute atomic E-state index is 0.00311. The number of anilines is 2. The third-order valence-corrected chi connectivity index (χ3v) is 3.70. The van der Waals surface area contributed by atoms with Gasteiger partial charge in [0.15, 0.2) is 5.51 Å². The van der Waals surface area contributed by atoms with Crippen molar-refractivity contribution in [3.05, 3.63) is 47.2 Å². The molecular weight excluding hydrogens is 284 g/mol. The molecule has 0 unspecified atom stereocenters. The predicted molar refractivity (Wildman–Crippen MR) is 82.8 cm³/mol. The van der Waals surface area contributed by atoms with Crippen LogP contribution >= 0.6 is 11.3 Å². The molecule has 1 aromatic carbocycles. The van der Waals surface area contributed by atoms with Crippen LogP contribution in [0.5, 0.6) is 5.88 Å². The monoisotopic (exact) mass is 297 g/mol. The predicted octanol–water partition coefficient (Wildman–Crippen LogP) is 3.47. The van der Waals surface area contributed by atoms with Crippen molar-refractivity contribution >= 4 is 23.0 Å². The van der Waals surface area contributed by atoms with Gasteiger partial charge in [0.05, 0.1) is 4.88 Å². The van der Waals surface area contributed by atoms with Crippen LogP contribution in [0.3, 0.4) is 0 Å². The van der Waals surface area contributed by atoms with Crippen molar-refractivity contribution in [3.8, 4) is 16.3 Å². The lowest BCUT2D eigenvalue weighted by atomic mass is 10.1. The van der Waals surface area contributed by atoms with E-state index in [-0.39, 0.29) is 5.88 Å². The molecule has 21 heavy (non-hydrogen) atoms. The highest BCUT2D eigenvalue weighted by Gasteiger charge is 2.10. The van der Waals surface area contributed by atoms with Crippen LogP contribution in [0.25, 0.3) is 10.4 Å². The first-order valence-electron chi connectivity index (χ1n) is 6.36. The fourth-order valence-electron chi connectivity index (χ4n) is 2.02. The van der Waals surface area contributed by atoms with E-state index in [1.165, 1.54) is 11.3 Å². The zero-order valence-corrected chi connectivity index (χ0v) is 12.4. The number of thiazole rings is 1. The molecule has 6 heteroatoms. The zero-order valence-electron chi connectivity index (χ0n) is 11.6. The second-order valence-corrected chi connectivity index (χ2v) is 5.49. The van der Waals surface area contributed by atoms with Crippen LogP contribution in [0.1, 0.15) is 11.3 Å². The standard InChI is InChI=1S/C15H13N4OS/c1-9-5-11(13-14(20)17-8-21-13)7-12(6-9)19-15-16-4-3-10(2)18-15/h3-7,20H,1-2H3,(H,16,18,19). The third-order valence-electron chi connectivity index (χ3n) is 2.89. The smallest absolute Gasteiger partial charge is 0.230 e. The van der Waals surface area contributed by atoms with Gasteiger partial charge in [-0.2, -0.15) is 4.98 Å². The summed E-state index contributed by atoms with van der Waals surface area (Å²) in [5.41, 5.74) is 6.41. The average molecular weight is 297 g/mol. The molecule has 0 atom stereocenters. The molecule has 0 amide bonds. The molecule has 2 aromatic heterocycles. The molecule has 1 radical (unpaired) electrons. The van der Waals surface area contributed by atoms with Gasteiger partial charge in [-0.3, -0.25) is 0 Å². The third kappa shape index (κ3) is 3.00. The van der Waals surface area contributed by atoms with Crippen molar-refractivity contribution in [2.24, 2.45) is 0 Å². The van der Waals surface area contributed by atoms with Crippen molar-refractivity contribution < 1.29 is 5.11 Å². The fourth-order valence-corrected chi connectivity index (χ4v) is 2.62. The summed E-state index contributed by atoms with van der Waals surface area (Å²) in [5, 5.41) is 12.9. The van der Waals surface area contributed by atoms with Gasteiger partial charge in [0, 0.05) is 17.6 Å². The molecule has 0 saturated heterocycles. The number of nitrogens with zero attached hydrogens (tertiary/aromatic N) is 3. The van der Waals surface area contributed by atoms with Gasteiger partial charge in [-0.15, -0.1) is 11.3 Å². The Morgan fingerprint density at radius 2 is 2.10 bits per heavy atom. The Balaban J connectivity index is 1.97. The second kappa shape index (κ2) is 5.49. The van der Waals surface area contributed by atoms with Gasteiger partial charge in [-0.1, -0.05) is 6.07 Å². The average Bonchev–Trinajstić information content (AvgIpc) is 2.84. The van der Waals surface area contributed by atoms with Crippen LogP contribution in [0.15, 0.2) is 30.5 Å².